The maximum Gasteiger partial charge on any atom is 0.129 e. The van der Waals surface area contributed by atoms with Gasteiger partial charge < -0.3 is 10.1 Å². The standard InChI is InChI=1S/C18H22FNO/c1-4-20-11-15-5-6-18(19)16(10-15)12-21-17-8-13(2)7-14(3)9-17/h5-10,20H,4,11-12H2,1-3H3. The molecule has 0 spiro atoms. The molecular weight excluding hydrogens is 265 g/mol. The molecule has 0 aliphatic carbocycles. The molecule has 1 N–H and O–H groups in total. The number of hydrogen-bond acceptors (Lipinski definition) is 2. The van der Waals surface area contributed by atoms with Crippen molar-refractivity contribution >= 4 is 0 Å². The molecule has 0 bridgehead atoms. The fraction of sp³-hybridized carbons (Fsp3) is 0.333. The summed E-state index contributed by atoms with van der Waals surface area (Å²) in [5, 5.41) is 3.24. The molecule has 2 rings (SSSR count). The molecule has 0 amide bonds. The average Bonchev–Trinajstić information content (AvgIpc) is 2.44. The van der Waals surface area contributed by atoms with Gasteiger partial charge in [0.2, 0.25) is 0 Å². The highest BCUT2D eigenvalue weighted by atomic mass is 19.1. The molecule has 0 unspecified atom stereocenters. The summed E-state index contributed by atoms with van der Waals surface area (Å²) in [6.45, 7) is 7.98. The van der Waals surface area contributed by atoms with E-state index >= 15 is 0 Å². The van der Waals surface area contributed by atoms with Gasteiger partial charge in [0.25, 0.3) is 0 Å². The zero-order chi connectivity index (χ0) is 15.2. The van der Waals surface area contributed by atoms with Crippen molar-refractivity contribution in [2.75, 3.05) is 6.54 Å². The lowest BCUT2D eigenvalue weighted by molar-refractivity contribution is 0.299. The Hall–Kier alpha value is -1.87. The number of hydrogen-bond donors (Lipinski definition) is 1. The first-order valence-electron chi connectivity index (χ1n) is 7.27. The van der Waals surface area contributed by atoms with Gasteiger partial charge in [-0.1, -0.05) is 19.1 Å². The number of rotatable bonds is 6. The molecule has 0 saturated carbocycles. The van der Waals surface area contributed by atoms with E-state index in [-0.39, 0.29) is 12.4 Å². The van der Waals surface area contributed by atoms with E-state index in [1.807, 2.05) is 39.0 Å². The highest BCUT2D eigenvalue weighted by Crippen LogP contribution is 2.19. The molecule has 0 aromatic heterocycles. The fourth-order valence-electron chi connectivity index (χ4n) is 2.30. The maximum atomic E-state index is 13.9. The van der Waals surface area contributed by atoms with E-state index in [1.54, 1.807) is 6.07 Å². The van der Waals surface area contributed by atoms with Crippen LogP contribution in [0.5, 0.6) is 5.75 Å². The van der Waals surface area contributed by atoms with E-state index in [0.29, 0.717) is 5.56 Å². The lowest BCUT2D eigenvalue weighted by Gasteiger charge is -2.11. The van der Waals surface area contributed by atoms with Crippen LogP contribution in [0.2, 0.25) is 0 Å². The first kappa shape index (κ1) is 15.5. The Labute approximate surface area is 126 Å². The number of ether oxygens (including phenoxy) is 1. The monoisotopic (exact) mass is 287 g/mol. The molecule has 0 saturated heterocycles. The molecule has 0 fully saturated rings. The topological polar surface area (TPSA) is 21.3 Å². The van der Waals surface area contributed by atoms with E-state index in [0.717, 1.165) is 35.5 Å². The molecule has 3 heteroatoms. The summed E-state index contributed by atoms with van der Waals surface area (Å²) in [6, 6.07) is 11.2. The Morgan fingerprint density at radius 1 is 1.05 bits per heavy atom. The lowest BCUT2D eigenvalue weighted by Crippen LogP contribution is -2.12. The van der Waals surface area contributed by atoms with Crippen molar-refractivity contribution in [2.24, 2.45) is 0 Å². The van der Waals surface area contributed by atoms with Crippen molar-refractivity contribution in [3.05, 3.63) is 64.5 Å². The summed E-state index contributed by atoms with van der Waals surface area (Å²) >= 11 is 0. The third-order valence-corrected chi connectivity index (χ3v) is 3.28. The van der Waals surface area contributed by atoms with Gasteiger partial charge in [0.1, 0.15) is 18.2 Å². The van der Waals surface area contributed by atoms with Crippen molar-refractivity contribution in [1.82, 2.24) is 5.32 Å². The van der Waals surface area contributed by atoms with Crippen LogP contribution in [0.15, 0.2) is 36.4 Å². The molecule has 112 valence electrons. The third-order valence-electron chi connectivity index (χ3n) is 3.28. The van der Waals surface area contributed by atoms with Crippen molar-refractivity contribution in [1.29, 1.82) is 0 Å². The van der Waals surface area contributed by atoms with Gasteiger partial charge in [-0.15, -0.1) is 0 Å². The number of benzene rings is 2. The van der Waals surface area contributed by atoms with Crippen molar-refractivity contribution in [3.8, 4) is 5.75 Å². The smallest absolute Gasteiger partial charge is 0.129 e. The number of nitrogens with one attached hydrogen (secondary N) is 1. The molecule has 21 heavy (non-hydrogen) atoms. The molecular formula is C18H22FNO. The molecule has 0 heterocycles. The Morgan fingerprint density at radius 2 is 1.76 bits per heavy atom. The second-order valence-electron chi connectivity index (χ2n) is 5.32. The summed E-state index contributed by atoms with van der Waals surface area (Å²) in [4.78, 5) is 0. The Bertz CT molecular complexity index is 590. The van der Waals surface area contributed by atoms with Crippen LogP contribution in [0.3, 0.4) is 0 Å². The van der Waals surface area contributed by atoms with Crippen molar-refractivity contribution in [2.45, 2.75) is 33.9 Å². The van der Waals surface area contributed by atoms with Crippen LogP contribution in [0.25, 0.3) is 0 Å². The highest BCUT2D eigenvalue weighted by molar-refractivity contribution is 5.33. The normalized spacial score (nSPS) is 10.7. The Balaban J connectivity index is 2.08. The van der Waals surface area contributed by atoms with Gasteiger partial charge in [-0.3, -0.25) is 0 Å². The minimum absolute atomic E-state index is 0.223. The average molecular weight is 287 g/mol. The number of halogens is 1. The maximum absolute atomic E-state index is 13.9. The number of aryl methyl sites for hydroxylation is 2. The van der Waals surface area contributed by atoms with Crippen molar-refractivity contribution < 1.29 is 9.13 Å². The summed E-state index contributed by atoms with van der Waals surface area (Å²) in [7, 11) is 0. The third kappa shape index (κ3) is 4.57. The second kappa shape index (κ2) is 7.23. The van der Waals surface area contributed by atoms with Gasteiger partial charge in [0, 0.05) is 12.1 Å². The molecule has 2 nitrogen and oxygen atoms in total. The molecule has 0 atom stereocenters. The first-order chi connectivity index (χ1) is 10.1. The molecule has 2 aromatic rings. The van der Waals surface area contributed by atoms with Gasteiger partial charge >= 0.3 is 0 Å². The van der Waals surface area contributed by atoms with E-state index < -0.39 is 0 Å². The second-order valence-corrected chi connectivity index (χ2v) is 5.32. The van der Waals surface area contributed by atoms with Gasteiger partial charge in [0.15, 0.2) is 0 Å². The quantitative estimate of drug-likeness (QED) is 0.862. The minimum atomic E-state index is -0.223. The molecule has 2 aromatic carbocycles. The largest absolute Gasteiger partial charge is 0.489 e. The SMILES string of the molecule is CCNCc1ccc(F)c(COc2cc(C)cc(C)c2)c1. The summed E-state index contributed by atoms with van der Waals surface area (Å²) in [5.41, 5.74) is 3.94. The van der Waals surface area contributed by atoms with Crippen LogP contribution in [-0.2, 0) is 13.2 Å². The zero-order valence-electron chi connectivity index (χ0n) is 12.9. The Kier molecular flexibility index (Phi) is 5.34. The predicted octanol–water partition coefficient (Wildman–Crippen LogP) is 4.13. The molecule has 0 aliphatic rings. The van der Waals surface area contributed by atoms with Crippen LogP contribution in [0, 0.1) is 19.7 Å². The molecule has 0 aliphatic heterocycles. The van der Waals surface area contributed by atoms with Crippen LogP contribution in [-0.4, -0.2) is 6.54 Å². The first-order valence-corrected chi connectivity index (χ1v) is 7.27. The van der Waals surface area contributed by atoms with E-state index in [1.165, 1.54) is 6.07 Å². The summed E-state index contributed by atoms with van der Waals surface area (Å²) < 4.78 is 19.6. The molecule has 0 radical (unpaired) electrons. The van der Waals surface area contributed by atoms with Gasteiger partial charge in [-0.2, -0.15) is 0 Å². The fourth-order valence-corrected chi connectivity index (χ4v) is 2.30. The van der Waals surface area contributed by atoms with Gasteiger partial charge in [-0.05, 0) is 61.3 Å². The van der Waals surface area contributed by atoms with Gasteiger partial charge in [-0.25, -0.2) is 4.39 Å². The highest BCUT2D eigenvalue weighted by Gasteiger charge is 2.05. The summed E-state index contributed by atoms with van der Waals surface area (Å²) in [6.07, 6.45) is 0. The zero-order valence-corrected chi connectivity index (χ0v) is 12.9. The van der Waals surface area contributed by atoms with Crippen LogP contribution in [0.4, 0.5) is 4.39 Å². The van der Waals surface area contributed by atoms with Crippen molar-refractivity contribution in [3.63, 3.8) is 0 Å². The summed E-state index contributed by atoms with van der Waals surface area (Å²) in [5.74, 6) is 0.559. The Morgan fingerprint density at radius 3 is 2.43 bits per heavy atom. The van der Waals surface area contributed by atoms with Crippen LogP contribution in [0.1, 0.15) is 29.2 Å². The van der Waals surface area contributed by atoms with E-state index in [4.69, 9.17) is 4.74 Å². The minimum Gasteiger partial charge on any atom is -0.489 e. The van der Waals surface area contributed by atoms with Gasteiger partial charge in [0.05, 0.1) is 0 Å². The predicted molar refractivity (Wildman–Crippen MR) is 84.0 cm³/mol. The van der Waals surface area contributed by atoms with E-state index in [9.17, 15) is 4.39 Å². The van der Waals surface area contributed by atoms with E-state index in [2.05, 4.69) is 11.4 Å². The lowest BCUT2D eigenvalue weighted by atomic mass is 10.1. The van der Waals surface area contributed by atoms with Crippen LogP contribution < -0.4 is 10.1 Å². The van der Waals surface area contributed by atoms with Crippen LogP contribution >= 0.6 is 0 Å².